The minimum atomic E-state index is -0.0778. The van der Waals surface area contributed by atoms with E-state index in [1.807, 2.05) is 6.07 Å². The van der Waals surface area contributed by atoms with Crippen molar-refractivity contribution in [3.8, 4) is 0 Å². The molecular weight excluding hydrogens is 268 g/mol. The second-order valence-corrected chi connectivity index (χ2v) is 5.45. The molecule has 4 heteroatoms. The molecule has 3 nitrogen and oxygen atoms in total. The van der Waals surface area contributed by atoms with Gasteiger partial charge in [-0.15, -0.1) is 0 Å². The Morgan fingerprint density at radius 2 is 2.19 bits per heavy atom. The van der Waals surface area contributed by atoms with Crippen LogP contribution < -0.4 is 11.5 Å². The van der Waals surface area contributed by atoms with Crippen LogP contribution in [0.25, 0.3) is 0 Å². The molecule has 1 atom stereocenters. The average Bonchev–Trinajstić information content (AvgIpc) is 2.21. The summed E-state index contributed by atoms with van der Waals surface area (Å²) in [5.41, 5.74) is 14.4. The molecule has 0 radical (unpaired) electrons. The first-order valence-electron chi connectivity index (χ1n) is 5.38. The summed E-state index contributed by atoms with van der Waals surface area (Å²) in [7, 11) is 0. The zero-order chi connectivity index (χ0) is 11.8. The molecule has 1 heterocycles. The zero-order valence-corrected chi connectivity index (χ0v) is 11.0. The van der Waals surface area contributed by atoms with E-state index in [1.54, 1.807) is 0 Å². The largest absolute Gasteiger partial charge is 0.380 e. The minimum Gasteiger partial charge on any atom is -0.380 e. The van der Waals surface area contributed by atoms with Crippen molar-refractivity contribution in [2.45, 2.75) is 13.0 Å². The second-order valence-electron chi connectivity index (χ2n) is 4.54. The summed E-state index contributed by atoms with van der Waals surface area (Å²) in [6, 6.07) is 6.13. The maximum Gasteiger partial charge on any atom is 0.0575 e. The van der Waals surface area contributed by atoms with Gasteiger partial charge in [0.2, 0.25) is 0 Å². The van der Waals surface area contributed by atoms with Gasteiger partial charge in [-0.05, 0) is 30.2 Å². The van der Waals surface area contributed by atoms with Gasteiger partial charge in [0.15, 0.2) is 0 Å². The molecule has 2 rings (SSSR count). The zero-order valence-electron chi connectivity index (χ0n) is 9.37. The molecule has 0 aliphatic carbocycles. The summed E-state index contributed by atoms with van der Waals surface area (Å²) in [6.45, 7) is 3.97. The van der Waals surface area contributed by atoms with Crippen LogP contribution in [0.4, 0.5) is 0 Å². The van der Waals surface area contributed by atoms with E-state index in [-0.39, 0.29) is 11.5 Å². The van der Waals surface area contributed by atoms with Gasteiger partial charge in [-0.3, -0.25) is 0 Å². The molecule has 1 aliphatic heterocycles. The number of hydrogen-bond donors (Lipinski definition) is 2. The van der Waals surface area contributed by atoms with Crippen molar-refractivity contribution in [2.75, 3.05) is 19.8 Å². The monoisotopic (exact) mass is 284 g/mol. The summed E-state index contributed by atoms with van der Waals surface area (Å²) in [5, 5.41) is 0. The van der Waals surface area contributed by atoms with Crippen molar-refractivity contribution in [2.24, 2.45) is 16.9 Å². The Labute approximate surface area is 104 Å². The highest BCUT2D eigenvalue weighted by Gasteiger charge is 2.44. The molecule has 0 saturated carbocycles. The maximum atomic E-state index is 6.33. The first kappa shape index (κ1) is 12.0. The second kappa shape index (κ2) is 4.45. The Kier molecular flexibility index (Phi) is 3.35. The summed E-state index contributed by atoms with van der Waals surface area (Å²) in [5.74, 6) is 0. The van der Waals surface area contributed by atoms with Crippen LogP contribution in [-0.2, 0) is 4.74 Å². The lowest BCUT2D eigenvalue weighted by Crippen LogP contribution is -2.55. The van der Waals surface area contributed by atoms with Crippen LogP contribution in [0, 0.1) is 12.3 Å². The predicted octanol–water partition coefficient (Wildman–Crippen LogP) is 1.73. The highest BCUT2D eigenvalue weighted by Crippen LogP contribution is 2.39. The van der Waals surface area contributed by atoms with Crippen LogP contribution in [-0.4, -0.2) is 19.8 Å². The predicted molar refractivity (Wildman–Crippen MR) is 68.1 cm³/mol. The molecule has 1 fully saturated rings. The highest BCUT2D eigenvalue weighted by molar-refractivity contribution is 9.10. The van der Waals surface area contributed by atoms with Crippen LogP contribution in [0.15, 0.2) is 22.7 Å². The molecule has 16 heavy (non-hydrogen) atoms. The lowest BCUT2D eigenvalue weighted by Gasteiger charge is -2.45. The number of nitrogens with two attached hydrogens (primary N) is 2. The number of rotatable bonds is 3. The molecular formula is C12H17BrN2O. The Balaban J connectivity index is 2.32. The number of halogens is 1. The Morgan fingerprint density at radius 1 is 1.50 bits per heavy atom. The van der Waals surface area contributed by atoms with E-state index in [1.165, 1.54) is 5.56 Å². The highest BCUT2D eigenvalue weighted by atomic mass is 79.9. The van der Waals surface area contributed by atoms with Crippen LogP contribution in [0.5, 0.6) is 0 Å². The van der Waals surface area contributed by atoms with Gasteiger partial charge in [0, 0.05) is 22.5 Å². The molecule has 4 N–H and O–H groups in total. The molecule has 88 valence electrons. The van der Waals surface area contributed by atoms with Crippen molar-refractivity contribution >= 4 is 15.9 Å². The molecule has 1 aliphatic rings. The fraction of sp³-hybridized carbons (Fsp3) is 0.500. The lowest BCUT2D eigenvalue weighted by molar-refractivity contribution is -0.121. The third kappa shape index (κ3) is 1.91. The summed E-state index contributed by atoms with van der Waals surface area (Å²) >= 11 is 3.48. The molecule has 0 bridgehead atoms. The van der Waals surface area contributed by atoms with Gasteiger partial charge < -0.3 is 16.2 Å². The van der Waals surface area contributed by atoms with E-state index in [2.05, 4.69) is 35.0 Å². The van der Waals surface area contributed by atoms with Crippen LogP contribution in [0.1, 0.15) is 17.2 Å². The number of hydrogen-bond acceptors (Lipinski definition) is 3. The third-order valence-electron chi connectivity index (χ3n) is 3.42. The van der Waals surface area contributed by atoms with Crippen molar-refractivity contribution in [3.05, 3.63) is 33.8 Å². The lowest BCUT2D eigenvalue weighted by atomic mass is 9.75. The van der Waals surface area contributed by atoms with Gasteiger partial charge in [-0.25, -0.2) is 0 Å². The van der Waals surface area contributed by atoms with E-state index < -0.39 is 0 Å². The van der Waals surface area contributed by atoms with Crippen LogP contribution in [0.3, 0.4) is 0 Å². The first-order chi connectivity index (χ1) is 7.59. The van der Waals surface area contributed by atoms with Crippen LogP contribution >= 0.6 is 15.9 Å². The van der Waals surface area contributed by atoms with Crippen molar-refractivity contribution in [3.63, 3.8) is 0 Å². The van der Waals surface area contributed by atoms with E-state index in [0.717, 1.165) is 10.0 Å². The molecule has 1 saturated heterocycles. The smallest absolute Gasteiger partial charge is 0.0575 e. The van der Waals surface area contributed by atoms with E-state index >= 15 is 0 Å². The van der Waals surface area contributed by atoms with E-state index in [4.69, 9.17) is 16.2 Å². The minimum absolute atomic E-state index is 0.0521. The first-order valence-corrected chi connectivity index (χ1v) is 6.18. The molecule has 0 amide bonds. The molecule has 0 aromatic heterocycles. The summed E-state index contributed by atoms with van der Waals surface area (Å²) < 4.78 is 6.32. The standard InChI is InChI=1S/C12H17BrN2O/c1-8-2-3-9(13)4-10(8)11(15)12(5-14)6-16-7-12/h2-4,11H,5-7,14-15H2,1H3. The Hall–Kier alpha value is -0.420. The summed E-state index contributed by atoms with van der Waals surface area (Å²) in [4.78, 5) is 0. The topological polar surface area (TPSA) is 61.3 Å². The van der Waals surface area contributed by atoms with Crippen molar-refractivity contribution in [1.82, 2.24) is 0 Å². The van der Waals surface area contributed by atoms with Crippen molar-refractivity contribution in [1.29, 1.82) is 0 Å². The Morgan fingerprint density at radius 3 is 2.69 bits per heavy atom. The van der Waals surface area contributed by atoms with E-state index in [9.17, 15) is 0 Å². The molecule has 0 spiro atoms. The third-order valence-corrected chi connectivity index (χ3v) is 3.91. The number of ether oxygens (including phenoxy) is 1. The normalized spacial score (nSPS) is 20.2. The Bertz CT molecular complexity index is 385. The number of benzene rings is 1. The van der Waals surface area contributed by atoms with Gasteiger partial charge in [-0.1, -0.05) is 22.0 Å². The summed E-state index contributed by atoms with van der Waals surface area (Å²) in [6.07, 6.45) is 0. The van der Waals surface area contributed by atoms with Crippen molar-refractivity contribution < 1.29 is 4.74 Å². The van der Waals surface area contributed by atoms with Gasteiger partial charge >= 0.3 is 0 Å². The van der Waals surface area contributed by atoms with Gasteiger partial charge in [0.05, 0.1) is 13.2 Å². The fourth-order valence-corrected chi connectivity index (χ4v) is 2.44. The van der Waals surface area contributed by atoms with Gasteiger partial charge in [0.1, 0.15) is 0 Å². The molecule has 1 unspecified atom stereocenters. The fourth-order valence-electron chi connectivity index (χ4n) is 2.06. The number of aryl methyl sites for hydroxylation is 1. The van der Waals surface area contributed by atoms with Gasteiger partial charge in [-0.2, -0.15) is 0 Å². The van der Waals surface area contributed by atoms with E-state index in [0.29, 0.717) is 19.8 Å². The molecule has 1 aromatic carbocycles. The average molecular weight is 285 g/mol. The maximum absolute atomic E-state index is 6.33. The van der Waals surface area contributed by atoms with Gasteiger partial charge in [0.25, 0.3) is 0 Å². The quantitative estimate of drug-likeness (QED) is 0.889. The SMILES string of the molecule is Cc1ccc(Br)cc1C(N)C1(CN)COC1. The van der Waals surface area contributed by atoms with Crippen LogP contribution in [0.2, 0.25) is 0 Å². The molecule has 1 aromatic rings.